The van der Waals surface area contributed by atoms with Crippen molar-refractivity contribution in [3.63, 3.8) is 0 Å². The van der Waals surface area contributed by atoms with Crippen LogP contribution in [0.2, 0.25) is 0 Å². The third-order valence-electron chi connectivity index (χ3n) is 2.64. The van der Waals surface area contributed by atoms with Crippen molar-refractivity contribution in [2.75, 3.05) is 13.2 Å². The monoisotopic (exact) mass is 317 g/mol. The van der Waals surface area contributed by atoms with Gasteiger partial charge in [-0.3, -0.25) is 13.9 Å². The van der Waals surface area contributed by atoms with Crippen LogP contribution >= 0.6 is 15.0 Å². The summed E-state index contributed by atoms with van der Waals surface area (Å²) in [6.45, 7) is 4.10. The third kappa shape index (κ3) is 4.99. The Labute approximate surface area is 111 Å². The molecule has 0 heterocycles. The number of nitrogens with one attached hydrogen (secondary N) is 1. The summed E-state index contributed by atoms with van der Waals surface area (Å²) >= 11 is 0. The van der Waals surface area contributed by atoms with E-state index in [1.807, 2.05) is 0 Å². The van der Waals surface area contributed by atoms with Crippen LogP contribution in [-0.2, 0) is 13.9 Å². The molecule has 8 nitrogen and oxygen atoms in total. The van der Waals surface area contributed by atoms with E-state index in [0.717, 1.165) is 0 Å². The minimum Gasteiger partial charge on any atom is -0.369 e. The highest BCUT2D eigenvalue weighted by Gasteiger charge is 2.56. The zero-order valence-electron chi connectivity index (χ0n) is 11.1. The van der Waals surface area contributed by atoms with Gasteiger partial charge >= 0.3 is 7.60 Å². The molecular formula is C9H21NO7P2. The SMILES string of the molecule is CC(C)C(=O)NCCCC(O)(P(C)(=O)O)P(=O)(O)O. The molecule has 19 heavy (non-hydrogen) atoms. The molecule has 0 aromatic rings. The number of hydrogen-bond donors (Lipinski definition) is 5. The molecule has 5 N–H and O–H groups in total. The second kappa shape index (κ2) is 6.48. The molecule has 0 aliphatic heterocycles. The van der Waals surface area contributed by atoms with Crippen molar-refractivity contribution < 1.29 is 33.7 Å². The molecule has 2 unspecified atom stereocenters. The normalized spacial score (nSPS) is 18.7. The molecule has 0 spiro atoms. The number of hydrogen-bond acceptors (Lipinski definition) is 4. The number of carbonyl (C=O) groups excluding carboxylic acids is 1. The predicted octanol–water partition coefficient (Wildman–Crippen LogP) is 0.263. The minimum absolute atomic E-state index is 0.0293. The first kappa shape index (κ1) is 18.8. The largest absolute Gasteiger partial charge is 0.369 e. The molecular weight excluding hydrogens is 296 g/mol. The third-order valence-corrected chi connectivity index (χ3v) is 7.25. The quantitative estimate of drug-likeness (QED) is 0.334. The van der Waals surface area contributed by atoms with Crippen LogP contribution in [0.15, 0.2) is 0 Å². The molecule has 0 aromatic heterocycles. The molecule has 0 fully saturated rings. The van der Waals surface area contributed by atoms with Crippen LogP contribution in [0.1, 0.15) is 26.7 Å². The number of rotatable bonds is 7. The molecule has 0 aromatic carbocycles. The zero-order chi connectivity index (χ0) is 15.5. The first-order chi connectivity index (χ1) is 8.33. The van der Waals surface area contributed by atoms with Crippen LogP contribution in [0.3, 0.4) is 0 Å². The van der Waals surface area contributed by atoms with E-state index in [2.05, 4.69) is 5.32 Å². The van der Waals surface area contributed by atoms with E-state index in [-0.39, 0.29) is 24.8 Å². The maximum atomic E-state index is 11.4. The van der Waals surface area contributed by atoms with Gasteiger partial charge < -0.3 is 25.1 Å². The molecule has 0 aliphatic rings. The maximum absolute atomic E-state index is 11.4. The second-order valence-electron chi connectivity index (χ2n) is 4.75. The molecule has 2 atom stereocenters. The van der Waals surface area contributed by atoms with Gasteiger partial charge in [0.25, 0.3) is 0 Å². The molecule has 0 saturated carbocycles. The van der Waals surface area contributed by atoms with Crippen LogP contribution < -0.4 is 5.32 Å². The number of amides is 1. The fraction of sp³-hybridized carbons (Fsp3) is 0.889. The van der Waals surface area contributed by atoms with Crippen molar-refractivity contribution in [3.8, 4) is 0 Å². The standard InChI is InChI=1S/C9H21NO7P2/c1-7(2)8(11)10-6-4-5-9(12,18(3,13)14)19(15,16)17/h7,12H,4-6H2,1-3H3,(H,10,11)(H,13,14)(H2,15,16,17). The second-order valence-corrected chi connectivity index (χ2v) is 9.43. The number of carbonyl (C=O) groups is 1. The van der Waals surface area contributed by atoms with Gasteiger partial charge in [-0.1, -0.05) is 13.8 Å². The van der Waals surface area contributed by atoms with Gasteiger partial charge in [0.05, 0.1) is 0 Å². The lowest BCUT2D eigenvalue weighted by atomic mass is 10.2. The molecule has 0 aliphatic carbocycles. The van der Waals surface area contributed by atoms with E-state index in [1.54, 1.807) is 13.8 Å². The van der Waals surface area contributed by atoms with Gasteiger partial charge in [-0.05, 0) is 12.8 Å². The summed E-state index contributed by atoms with van der Waals surface area (Å²) < 4.78 is 22.6. The van der Waals surface area contributed by atoms with Crippen molar-refractivity contribution in [2.45, 2.75) is 31.8 Å². The summed E-state index contributed by atoms with van der Waals surface area (Å²) in [5, 5.41) is 9.28. The van der Waals surface area contributed by atoms with Crippen molar-refractivity contribution in [3.05, 3.63) is 0 Å². The molecule has 10 heteroatoms. The van der Waals surface area contributed by atoms with Crippen LogP contribution in [0, 0.1) is 5.92 Å². The molecule has 0 bridgehead atoms. The van der Waals surface area contributed by atoms with Crippen LogP contribution in [0.5, 0.6) is 0 Å². The predicted molar refractivity (Wildman–Crippen MR) is 69.8 cm³/mol. The lowest BCUT2D eigenvalue weighted by Crippen LogP contribution is -2.32. The fourth-order valence-electron chi connectivity index (χ4n) is 1.34. The molecule has 114 valence electrons. The van der Waals surface area contributed by atoms with Crippen LogP contribution in [0.25, 0.3) is 0 Å². The van der Waals surface area contributed by atoms with Crippen molar-refractivity contribution in [2.24, 2.45) is 5.92 Å². The molecule has 0 saturated heterocycles. The summed E-state index contributed by atoms with van der Waals surface area (Å²) in [7, 11) is -9.58. The summed E-state index contributed by atoms with van der Waals surface area (Å²) in [6.07, 6.45) is -0.613. The first-order valence-electron chi connectivity index (χ1n) is 5.69. The highest BCUT2D eigenvalue weighted by molar-refractivity contribution is 7.74. The van der Waals surface area contributed by atoms with Gasteiger partial charge in [-0.25, -0.2) is 0 Å². The van der Waals surface area contributed by atoms with E-state index >= 15 is 0 Å². The Hall–Kier alpha value is -0.230. The average Bonchev–Trinajstić information content (AvgIpc) is 2.20. The number of aliphatic hydroxyl groups is 1. The summed E-state index contributed by atoms with van der Waals surface area (Å²) in [4.78, 5) is 38.5. The van der Waals surface area contributed by atoms with Crippen LogP contribution in [-0.4, -0.2) is 44.0 Å². The fourth-order valence-corrected chi connectivity index (χ4v) is 4.29. The highest BCUT2D eigenvalue weighted by atomic mass is 31.2. The van der Waals surface area contributed by atoms with Gasteiger partial charge in [0, 0.05) is 19.1 Å². The Morgan fingerprint density at radius 1 is 1.26 bits per heavy atom. The Bertz CT molecular complexity index is 389. The lowest BCUT2D eigenvalue weighted by molar-refractivity contribution is -0.124. The summed E-state index contributed by atoms with van der Waals surface area (Å²) in [5.74, 6) is -0.487. The van der Waals surface area contributed by atoms with Gasteiger partial charge in [0.1, 0.15) is 0 Å². The summed E-state index contributed by atoms with van der Waals surface area (Å²) in [6, 6.07) is 0. The topological polar surface area (TPSA) is 144 Å². The van der Waals surface area contributed by atoms with E-state index in [0.29, 0.717) is 6.66 Å². The van der Waals surface area contributed by atoms with Gasteiger partial charge in [0.2, 0.25) is 18.4 Å². The first-order valence-corrected chi connectivity index (χ1v) is 9.41. The van der Waals surface area contributed by atoms with E-state index in [4.69, 9.17) is 9.79 Å². The van der Waals surface area contributed by atoms with Gasteiger partial charge in [-0.15, -0.1) is 0 Å². The molecule has 0 rings (SSSR count). The zero-order valence-corrected chi connectivity index (χ0v) is 12.9. The Balaban J connectivity index is 4.62. The molecule has 1 amide bonds. The van der Waals surface area contributed by atoms with Crippen molar-refractivity contribution in [1.82, 2.24) is 5.32 Å². The Morgan fingerprint density at radius 3 is 2.05 bits per heavy atom. The van der Waals surface area contributed by atoms with E-state index in [9.17, 15) is 23.9 Å². The lowest BCUT2D eigenvalue weighted by Gasteiger charge is -2.30. The van der Waals surface area contributed by atoms with E-state index in [1.165, 1.54) is 0 Å². The van der Waals surface area contributed by atoms with Crippen molar-refractivity contribution in [1.29, 1.82) is 0 Å². The minimum atomic E-state index is -5.16. The smallest absolute Gasteiger partial charge is 0.366 e. The van der Waals surface area contributed by atoms with E-state index < -0.39 is 26.5 Å². The van der Waals surface area contributed by atoms with Gasteiger partial charge in [-0.2, -0.15) is 0 Å². The highest BCUT2D eigenvalue weighted by Crippen LogP contribution is 2.69. The summed E-state index contributed by atoms with van der Waals surface area (Å²) in [5.41, 5.74) is 0. The van der Waals surface area contributed by atoms with Gasteiger partial charge in [0.15, 0.2) is 0 Å². The van der Waals surface area contributed by atoms with Crippen molar-refractivity contribution >= 4 is 20.9 Å². The average molecular weight is 317 g/mol. The Morgan fingerprint density at radius 2 is 1.74 bits per heavy atom. The maximum Gasteiger partial charge on any atom is 0.366 e. The molecule has 0 radical (unpaired) electrons. The Kier molecular flexibility index (Phi) is 6.40. The van der Waals surface area contributed by atoms with Crippen LogP contribution in [0.4, 0.5) is 0 Å².